The van der Waals surface area contributed by atoms with Crippen molar-refractivity contribution in [2.24, 2.45) is 5.92 Å². The first-order chi connectivity index (χ1) is 10.5. The first-order valence-corrected chi connectivity index (χ1v) is 7.07. The van der Waals surface area contributed by atoms with Crippen LogP contribution in [-0.2, 0) is 4.79 Å². The van der Waals surface area contributed by atoms with Gasteiger partial charge in [-0.1, -0.05) is 13.8 Å². The van der Waals surface area contributed by atoms with E-state index in [9.17, 15) is 9.18 Å². The maximum absolute atomic E-state index is 14.2. The lowest BCUT2D eigenvalue weighted by Gasteiger charge is -2.12. The van der Waals surface area contributed by atoms with Crippen LogP contribution in [0.15, 0.2) is 29.1 Å². The zero-order valence-electron chi connectivity index (χ0n) is 12.9. The average molecular weight is 306 g/mol. The highest BCUT2D eigenvalue weighted by molar-refractivity contribution is 5.91. The van der Waals surface area contributed by atoms with Crippen molar-refractivity contribution in [3.05, 3.63) is 30.5 Å². The third-order valence-electron chi connectivity index (χ3n) is 3.21. The van der Waals surface area contributed by atoms with E-state index in [0.29, 0.717) is 29.4 Å². The number of amides is 1. The molecule has 0 atom stereocenters. The number of methoxy groups -OCH3 is 1. The third kappa shape index (κ3) is 3.84. The van der Waals surface area contributed by atoms with Gasteiger partial charge in [-0.25, -0.2) is 9.37 Å². The number of oxazole rings is 1. The van der Waals surface area contributed by atoms with Crippen LogP contribution in [0.1, 0.15) is 26.7 Å². The minimum absolute atomic E-state index is 0.0915. The molecule has 1 aromatic heterocycles. The van der Waals surface area contributed by atoms with Crippen molar-refractivity contribution < 1.29 is 18.3 Å². The summed E-state index contributed by atoms with van der Waals surface area (Å²) in [5, 5.41) is 2.57. The molecule has 118 valence electrons. The van der Waals surface area contributed by atoms with Crippen LogP contribution in [0, 0.1) is 11.7 Å². The second kappa shape index (κ2) is 7.06. The van der Waals surface area contributed by atoms with Crippen molar-refractivity contribution in [2.75, 3.05) is 12.4 Å². The average Bonchev–Trinajstić information content (AvgIpc) is 3.01. The van der Waals surface area contributed by atoms with Gasteiger partial charge >= 0.3 is 0 Å². The number of carbonyl (C=O) groups is 1. The predicted molar refractivity (Wildman–Crippen MR) is 81.2 cm³/mol. The number of hydrogen-bond donors (Lipinski definition) is 1. The summed E-state index contributed by atoms with van der Waals surface area (Å²) in [5.41, 5.74) is 0.534. The Bertz CT molecular complexity index is 639. The van der Waals surface area contributed by atoms with Crippen molar-refractivity contribution >= 4 is 11.6 Å². The lowest BCUT2D eigenvalue weighted by Crippen LogP contribution is -2.13. The fourth-order valence-electron chi connectivity index (χ4n) is 1.99. The van der Waals surface area contributed by atoms with Gasteiger partial charge in [-0.2, -0.15) is 0 Å². The van der Waals surface area contributed by atoms with Gasteiger partial charge in [0.15, 0.2) is 12.2 Å². The van der Waals surface area contributed by atoms with Crippen LogP contribution in [0.4, 0.5) is 10.1 Å². The van der Waals surface area contributed by atoms with Crippen LogP contribution in [0.5, 0.6) is 5.75 Å². The number of hydrogen-bond acceptors (Lipinski definition) is 4. The van der Waals surface area contributed by atoms with Crippen LogP contribution in [0.2, 0.25) is 0 Å². The second-order valence-electron chi connectivity index (χ2n) is 5.38. The lowest BCUT2D eigenvalue weighted by atomic mass is 10.1. The highest BCUT2D eigenvalue weighted by Gasteiger charge is 2.16. The van der Waals surface area contributed by atoms with E-state index in [1.807, 2.05) is 13.8 Å². The van der Waals surface area contributed by atoms with Gasteiger partial charge < -0.3 is 14.5 Å². The molecule has 1 aromatic carbocycles. The summed E-state index contributed by atoms with van der Waals surface area (Å²) in [6, 6.07) is 2.71. The number of nitrogens with zero attached hydrogens (tertiary/aromatic N) is 1. The summed E-state index contributed by atoms with van der Waals surface area (Å²) < 4.78 is 24.6. The van der Waals surface area contributed by atoms with Crippen molar-refractivity contribution in [2.45, 2.75) is 26.7 Å². The number of aromatic nitrogens is 1. The molecule has 0 saturated heterocycles. The highest BCUT2D eigenvalue weighted by atomic mass is 19.1. The molecule has 0 aliphatic rings. The topological polar surface area (TPSA) is 64.4 Å². The first kappa shape index (κ1) is 16.0. The second-order valence-corrected chi connectivity index (χ2v) is 5.38. The van der Waals surface area contributed by atoms with Crippen molar-refractivity contribution in [3.8, 4) is 17.1 Å². The van der Waals surface area contributed by atoms with E-state index < -0.39 is 5.82 Å². The number of rotatable bonds is 6. The Morgan fingerprint density at radius 3 is 2.82 bits per heavy atom. The largest absolute Gasteiger partial charge is 0.496 e. The number of benzene rings is 1. The SMILES string of the molecule is COc1cc(NC(=O)CCC(C)C)c(F)cc1-c1cnco1. The maximum Gasteiger partial charge on any atom is 0.224 e. The standard InChI is InChI=1S/C16H19FN2O3/c1-10(2)4-5-16(20)19-13-7-14(21-3)11(6-12(13)17)15-8-18-9-22-15/h6-10H,4-5H2,1-3H3,(H,19,20). The summed E-state index contributed by atoms with van der Waals surface area (Å²) in [5.74, 6) is 0.442. The van der Waals surface area contributed by atoms with Crippen LogP contribution in [0.3, 0.4) is 0 Å². The van der Waals surface area contributed by atoms with E-state index in [1.54, 1.807) is 0 Å². The van der Waals surface area contributed by atoms with Crippen LogP contribution in [0.25, 0.3) is 11.3 Å². The fraction of sp³-hybridized carbons (Fsp3) is 0.375. The molecule has 6 heteroatoms. The molecule has 0 aliphatic carbocycles. The third-order valence-corrected chi connectivity index (χ3v) is 3.21. The van der Waals surface area contributed by atoms with Gasteiger partial charge in [-0.05, 0) is 18.4 Å². The summed E-state index contributed by atoms with van der Waals surface area (Å²) in [6.45, 7) is 4.06. The van der Waals surface area contributed by atoms with E-state index in [1.165, 1.54) is 31.8 Å². The van der Waals surface area contributed by atoms with E-state index in [2.05, 4.69) is 10.3 Å². The quantitative estimate of drug-likeness (QED) is 0.880. The lowest BCUT2D eigenvalue weighted by molar-refractivity contribution is -0.116. The van der Waals surface area contributed by atoms with Crippen molar-refractivity contribution in [1.29, 1.82) is 0 Å². The predicted octanol–water partition coefficient (Wildman–Crippen LogP) is 3.86. The number of ether oxygens (including phenoxy) is 1. The Morgan fingerprint density at radius 2 is 2.23 bits per heavy atom. The zero-order valence-corrected chi connectivity index (χ0v) is 12.9. The highest BCUT2D eigenvalue weighted by Crippen LogP contribution is 2.34. The van der Waals surface area contributed by atoms with Crippen molar-refractivity contribution in [1.82, 2.24) is 4.98 Å². The summed E-state index contributed by atoms with van der Waals surface area (Å²) >= 11 is 0. The van der Waals surface area contributed by atoms with E-state index in [-0.39, 0.29) is 11.6 Å². The smallest absolute Gasteiger partial charge is 0.224 e. The van der Waals surface area contributed by atoms with Gasteiger partial charge in [-0.3, -0.25) is 4.79 Å². The number of nitrogens with one attached hydrogen (secondary N) is 1. The fourth-order valence-corrected chi connectivity index (χ4v) is 1.99. The Morgan fingerprint density at radius 1 is 1.45 bits per heavy atom. The number of anilines is 1. The van der Waals surface area contributed by atoms with Gasteiger partial charge in [0.05, 0.1) is 24.6 Å². The molecular weight excluding hydrogens is 287 g/mol. The van der Waals surface area contributed by atoms with Gasteiger partial charge in [0.1, 0.15) is 11.6 Å². The zero-order chi connectivity index (χ0) is 16.1. The van der Waals surface area contributed by atoms with E-state index in [0.717, 1.165) is 6.42 Å². The molecule has 0 bridgehead atoms. The molecular formula is C16H19FN2O3. The molecule has 1 N–H and O–H groups in total. The van der Waals surface area contributed by atoms with Gasteiger partial charge in [0.25, 0.3) is 0 Å². The number of halogens is 1. The monoisotopic (exact) mass is 306 g/mol. The summed E-state index contributed by atoms with van der Waals surface area (Å²) in [7, 11) is 1.47. The van der Waals surface area contributed by atoms with Gasteiger partial charge in [0, 0.05) is 12.5 Å². The normalized spacial score (nSPS) is 10.8. The molecule has 2 aromatic rings. The maximum atomic E-state index is 14.2. The molecule has 1 amide bonds. The van der Waals surface area contributed by atoms with E-state index in [4.69, 9.17) is 9.15 Å². The Balaban J connectivity index is 2.21. The van der Waals surface area contributed by atoms with Gasteiger partial charge in [-0.15, -0.1) is 0 Å². The Hall–Kier alpha value is -2.37. The molecule has 2 rings (SSSR count). The molecule has 0 fully saturated rings. The summed E-state index contributed by atoms with van der Waals surface area (Å²) in [6.07, 6.45) is 3.83. The minimum atomic E-state index is -0.551. The number of carbonyl (C=O) groups excluding carboxylic acids is 1. The van der Waals surface area contributed by atoms with Crippen LogP contribution >= 0.6 is 0 Å². The molecule has 0 aliphatic heterocycles. The van der Waals surface area contributed by atoms with Crippen LogP contribution < -0.4 is 10.1 Å². The molecule has 0 radical (unpaired) electrons. The van der Waals surface area contributed by atoms with Gasteiger partial charge in [0.2, 0.25) is 5.91 Å². The van der Waals surface area contributed by atoms with Crippen LogP contribution in [-0.4, -0.2) is 18.0 Å². The molecule has 0 saturated carbocycles. The molecule has 0 unspecified atom stereocenters. The molecule has 5 nitrogen and oxygen atoms in total. The molecule has 1 heterocycles. The van der Waals surface area contributed by atoms with Crippen molar-refractivity contribution in [3.63, 3.8) is 0 Å². The summed E-state index contributed by atoms with van der Waals surface area (Å²) in [4.78, 5) is 15.6. The molecule has 0 spiro atoms. The van der Waals surface area contributed by atoms with E-state index >= 15 is 0 Å². The Kier molecular flexibility index (Phi) is 5.14. The first-order valence-electron chi connectivity index (χ1n) is 7.07. The Labute approximate surface area is 128 Å². The minimum Gasteiger partial charge on any atom is -0.496 e. The molecule has 22 heavy (non-hydrogen) atoms.